The Balaban J connectivity index is 1.65. The Morgan fingerprint density at radius 1 is 0.962 bits per heavy atom. The summed E-state index contributed by atoms with van der Waals surface area (Å²) in [6.45, 7) is 4.23. The number of nitrogens with one attached hydrogen (secondary N) is 2. The number of anilines is 3. The summed E-state index contributed by atoms with van der Waals surface area (Å²) in [5.74, 6) is 0.173. The molecule has 2 N–H and O–H groups in total. The Kier molecular flexibility index (Phi) is 5.22. The van der Waals surface area contributed by atoms with Crippen LogP contribution >= 0.6 is 0 Å². The van der Waals surface area contributed by atoms with Crippen molar-refractivity contribution in [1.29, 1.82) is 0 Å². The molecule has 1 amide bonds. The van der Waals surface area contributed by atoms with Crippen LogP contribution in [0.4, 0.5) is 21.6 Å². The third-order valence-electron chi connectivity index (χ3n) is 3.83. The highest BCUT2D eigenvalue weighted by Gasteiger charge is 2.09. The standard InChI is InChI=1S/C20H19FN4O/c1-13(2)14-6-8-16(9-7-14)23-20(26)18-10-11-19(25-24-18)22-17-5-3-4-15(21)12-17/h3-13H,1-2H3,(H,22,25)(H,23,26). The molecule has 6 heteroatoms. The number of benzene rings is 2. The van der Waals surface area contributed by atoms with Crippen LogP contribution in [0.25, 0.3) is 0 Å². The predicted octanol–water partition coefficient (Wildman–Crippen LogP) is 4.74. The van der Waals surface area contributed by atoms with Gasteiger partial charge in [-0.3, -0.25) is 4.79 Å². The molecule has 0 bridgehead atoms. The fraction of sp³-hybridized carbons (Fsp3) is 0.150. The van der Waals surface area contributed by atoms with Gasteiger partial charge < -0.3 is 10.6 Å². The van der Waals surface area contributed by atoms with Gasteiger partial charge in [0.25, 0.3) is 5.91 Å². The zero-order valence-corrected chi connectivity index (χ0v) is 14.5. The molecule has 1 aromatic heterocycles. The first-order valence-corrected chi connectivity index (χ1v) is 8.29. The van der Waals surface area contributed by atoms with Gasteiger partial charge in [0.15, 0.2) is 11.5 Å². The first-order valence-electron chi connectivity index (χ1n) is 8.29. The van der Waals surface area contributed by atoms with Crippen LogP contribution in [0.1, 0.15) is 35.8 Å². The molecule has 0 saturated heterocycles. The topological polar surface area (TPSA) is 66.9 Å². The van der Waals surface area contributed by atoms with Crippen LogP contribution in [-0.2, 0) is 0 Å². The van der Waals surface area contributed by atoms with Crippen LogP contribution in [0, 0.1) is 5.82 Å². The van der Waals surface area contributed by atoms with Gasteiger partial charge in [-0.05, 0) is 53.9 Å². The second kappa shape index (κ2) is 7.74. The maximum absolute atomic E-state index is 13.2. The molecule has 0 unspecified atom stereocenters. The minimum atomic E-state index is -0.345. The monoisotopic (exact) mass is 350 g/mol. The molecule has 3 rings (SSSR count). The summed E-state index contributed by atoms with van der Waals surface area (Å²) in [7, 11) is 0. The van der Waals surface area contributed by atoms with E-state index in [9.17, 15) is 9.18 Å². The maximum atomic E-state index is 13.2. The quantitative estimate of drug-likeness (QED) is 0.698. The number of hydrogen-bond donors (Lipinski definition) is 2. The van der Waals surface area contributed by atoms with E-state index < -0.39 is 0 Å². The average Bonchev–Trinajstić information content (AvgIpc) is 2.63. The maximum Gasteiger partial charge on any atom is 0.276 e. The van der Waals surface area contributed by atoms with Crippen molar-refractivity contribution >= 4 is 23.1 Å². The molecule has 1 heterocycles. The fourth-order valence-corrected chi connectivity index (χ4v) is 2.38. The van der Waals surface area contributed by atoms with Crippen LogP contribution in [0.15, 0.2) is 60.7 Å². The van der Waals surface area contributed by atoms with Gasteiger partial charge in [0.1, 0.15) is 5.82 Å². The summed E-state index contributed by atoms with van der Waals surface area (Å²) < 4.78 is 13.2. The molecule has 0 aliphatic carbocycles. The van der Waals surface area contributed by atoms with Gasteiger partial charge in [-0.25, -0.2) is 4.39 Å². The van der Waals surface area contributed by atoms with Crippen molar-refractivity contribution in [1.82, 2.24) is 10.2 Å². The van der Waals surface area contributed by atoms with Crippen molar-refractivity contribution in [2.45, 2.75) is 19.8 Å². The summed E-state index contributed by atoms with van der Waals surface area (Å²) in [6, 6.07) is 16.9. The molecule has 0 radical (unpaired) electrons. The SMILES string of the molecule is CC(C)c1ccc(NC(=O)c2ccc(Nc3cccc(F)c3)nn2)cc1. The average molecular weight is 350 g/mol. The summed E-state index contributed by atoms with van der Waals surface area (Å²) in [4.78, 5) is 12.3. The Morgan fingerprint density at radius 3 is 2.35 bits per heavy atom. The van der Waals surface area contributed by atoms with E-state index in [-0.39, 0.29) is 17.4 Å². The molecular weight excluding hydrogens is 331 g/mol. The number of nitrogens with zero attached hydrogens (tertiary/aromatic N) is 2. The van der Waals surface area contributed by atoms with Crippen LogP contribution in [-0.4, -0.2) is 16.1 Å². The lowest BCUT2D eigenvalue weighted by molar-refractivity contribution is 0.102. The van der Waals surface area contributed by atoms with Gasteiger partial charge >= 0.3 is 0 Å². The minimum absolute atomic E-state index is 0.197. The molecule has 0 atom stereocenters. The second-order valence-electron chi connectivity index (χ2n) is 6.17. The Bertz CT molecular complexity index is 892. The Morgan fingerprint density at radius 2 is 1.73 bits per heavy atom. The molecule has 2 aromatic carbocycles. The number of hydrogen-bond acceptors (Lipinski definition) is 4. The summed E-state index contributed by atoms with van der Waals surface area (Å²) in [5, 5.41) is 13.6. The highest BCUT2D eigenvalue weighted by Crippen LogP contribution is 2.18. The number of carbonyl (C=O) groups excluding carboxylic acids is 1. The van der Waals surface area contributed by atoms with Crippen molar-refractivity contribution in [2.75, 3.05) is 10.6 Å². The molecule has 26 heavy (non-hydrogen) atoms. The van der Waals surface area contributed by atoms with Crippen LogP contribution in [0.2, 0.25) is 0 Å². The van der Waals surface area contributed by atoms with Gasteiger partial charge in [-0.1, -0.05) is 32.0 Å². The number of halogens is 1. The van der Waals surface area contributed by atoms with E-state index in [1.54, 1.807) is 24.3 Å². The highest BCUT2D eigenvalue weighted by molar-refractivity contribution is 6.02. The number of aromatic nitrogens is 2. The molecule has 0 fully saturated rings. The Hall–Kier alpha value is -3.28. The second-order valence-corrected chi connectivity index (χ2v) is 6.17. The van der Waals surface area contributed by atoms with Crippen molar-refractivity contribution in [3.05, 3.63) is 77.7 Å². The van der Waals surface area contributed by atoms with Crippen LogP contribution in [0.3, 0.4) is 0 Å². The van der Waals surface area contributed by atoms with Crippen molar-refractivity contribution in [3.63, 3.8) is 0 Å². The van der Waals surface area contributed by atoms with E-state index in [0.717, 1.165) is 0 Å². The first kappa shape index (κ1) is 17.5. The molecule has 0 aliphatic rings. The van der Waals surface area contributed by atoms with Gasteiger partial charge in [0, 0.05) is 11.4 Å². The summed E-state index contributed by atoms with van der Waals surface area (Å²) in [6.07, 6.45) is 0. The molecular formula is C20H19FN4O. The molecule has 0 aliphatic heterocycles. The zero-order valence-electron chi connectivity index (χ0n) is 14.5. The van der Waals surface area contributed by atoms with Crippen molar-refractivity contribution in [3.8, 4) is 0 Å². The predicted molar refractivity (Wildman–Crippen MR) is 100 cm³/mol. The lowest BCUT2D eigenvalue weighted by atomic mass is 10.0. The van der Waals surface area contributed by atoms with Crippen LogP contribution < -0.4 is 10.6 Å². The molecule has 132 valence electrons. The van der Waals surface area contributed by atoms with Gasteiger partial charge in [-0.2, -0.15) is 0 Å². The third kappa shape index (κ3) is 4.42. The Labute approximate surface area is 151 Å². The third-order valence-corrected chi connectivity index (χ3v) is 3.83. The van der Waals surface area contributed by atoms with E-state index in [1.165, 1.54) is 17.7 Å². The smallest absolute Gasteiger partial charge is 0.276 e. The van der Waals surface area contributed by atoms with E-state index >= 15 is 0 Å². The zero-order chi connectivity index (χ0) is 18.5. The normalized spacial score (nSPS) is 10.6. The highest BCUT2D eigenvalue weighted by atomic mass is 19.1. The lowest BCUT2D eigenvalue weighted by Crippen LogP contribution is -2.14. The van der Waals surface area contributed by atoms with Gasteiger partial charge in [0.2, 0.25) is 0 Å². The van der Waals surface area contributed by atoms with Crippen molar-refractivity contribution < 1.29 is 9.18 Å². The molecule has 0 saturated carbocycles. The van der Waals surface area contributed by atoms with E-state index in [0.29, 0.717) is 23.1 Å². The van der Waals surface area contributed by atoms with E-state index in [4.69, 9.17) is 0 Å². The summed E-state index contributed by atoms with van der Waals surface area (Å²) >= 11 is 0. The van der Waals surface area contributed by atoms with Gasteiger partial charge in [0.05, 0.1) is 0 Å². The molecule has 3 aromatic rings. The van der Waals surface area contributed by atoms with E-state index in [2.05, 4.69) is 34.7 Å². The summed E-state index contributed by atoms with van der Waals surface area (Å²) in [5.41, 5.74) is 2.66. The number of rotatable bonds is 5. The number of amides is 1. The molecule has 5 nitrogen and oxygen atoms in total. The van der Waals surface area contributed by atoms with Crippen LogP contribution in [0.5, 0.6) is 0 Å². The molecule has 0 spiro atoms. The van der Waals surface area contributed by atoms with Gasteiger partial charge in [-0.15, -0.1) is 10.2 Å². The minimum Gasteiger partial charge on any atom is -0.339 e. The van der Waals surface area contributed by atoms with Crippen molar-refractivity contribution in [2.24, 2.45) is 0 Å². The first-order chi connectivity index (χ1) is 12.5. The fourth-order valence-electron chi connectivity index (χ4n) is 2.38. The number of carbonyl (C=O) groups is 1. The largest absolute Gasteiger partial charge is 0.339 e. The lowest BCUT2D eigenvalue weighted by Gasteiger charge is -2.08. The van der Waals surface area contributed by atoms with E-state index in [1.807, 2.05) is 24.3 Å².